The molecule has 0 aromatic heterocycles. The molecule has 4 rings (SSSR count). The van der Waals surface area contributed by atoms with E-state index in [4.69, 9.17) is 0 Å². The predicted octanol–water partition coefficient (Wildman–Crippen LogP) is 10.5. The maximum atomic E-state index is 10.5. The normalized spacial score (nSPS) is 11.2. The van der Waals surface area contributed by atoms with E-state index in [0.717, 1.165) is 92.4 Å². The molecule has 0 aliphatic heterocycles. The molecule has 236 valence electrons. The molecule has 0 saturated heterocycles. The summed E-state index contributed by atoms with van der Waals surface area (Å²) >= 11 is 0. The molecule has 0 bridgehead atoms. The second-order valence-electron chi connectivity index (χ2n) is 12.8. The van der Waals surface area contributed by atoms with Crippen LogP contribution in [0.2, 0.25) is 0 Å². The molecule has 0 atom stereocenters. The van der Waals surface area contributed by atoms with Crippen LogP contribution in [0, 0.1) is 55.4 Å². The maximum Gasteiger partial charge on any atom is 0.122 e. The minimum absolute atomic E-state index is 0.0159. The van der Waals surface area contributed by atoms with Crippen molar-refractivity contribution < 1.29 is 20.4 Å². The van der Waals surface area contributed by atoms with E-state index >= 15 is 0 Å². The lowest BCUT2D eigenvalue weighted by atomic mass is 9.83. The van der Waals surface area contributed by atoms with Crippen molar-refractivity contribution in [2.45, 2.75) is 107 Å². The van der Waals surface area contributed by atoms with Crippen molar-refractivity contribution >= 4 is 0 Å². The van der Waals surface area contributed by atoms with E-state index in [9.17, 15) is 20.4 Å². The first-order valence-electron chi connectivity index (χ1n) is 15.9. The molecular weight excluding hydrogens is 544 g/mol. The van der Waals surface area contributed by atoms with Gasteiger partial charge in [-0.1, -0.05) is 97.5 Å². The molecule has 0 aliphatic carbocycles. The van der Waals surface area contributed by atoms with E-state index < -0.39 is 0 Å². The van der Waals surface area contributed by atoms with Crippen LogP contribution in [-0.2, 0) is 0 Å². The van der Waals surface area contributed by atoms with Crippen molar-refractivity contribution in [3.8, 4) is 23.0 Å². The molecule has 0 fully saturated rings. The Labute approximate surface area is 265 Å². The smallest absolute Gasteiger partial charge is 0.122 e. The third-order valence-corrected chi connectivity index (χ3v) is 8.55. The van der Waals surface area contributed by atoms with Crippen molar-refractivity contribution in [2.24, 2.45) is 0 Å². The summed E-state index contributed by atoms with van der Waals surface area (Å²) in [5.74, 6) is 1.43. The summed E-state index contributed by atoms with van der Waals surface area (Å²) in [6.07, 6.45) is 3.77. The van der Waals surface area contributed by atoms with Crippen LogP contribution in [0.3, 0.4) is 0 Å². The molecule has 44 heavy (non-hydrogen) atoms. The van der Waals surface area contributed by atoms with Crippen molar-refractivity contribution in [3.63, 3.8) is 0 Å². The van der Waals surface area contributed by atoms with Crippen molar-refractivity contribution in [1.82, 2.24) is 0 Å². The average molecular weight is 597 g/mol. The van der Waals surface area contributed by atoms with Crippen molar-refractivity contribution in [3.05, 3.63) is 115 Å². The summed E-state index contributed by atoms with van der Waals surface area (Å²) in [6.45, 7) is 20.1. The Hall–Kier alpha value is -3.92. The van der Waals surface area contributed by atoms with E-state index in [-0.39, 0.29) is 11.8 Å². The molecular formula is C40H52O4. The van der Waals surface area contributed by atoms with Gasteiger partial charge in [-0.3, -0.25) is 0 Å². The fraction of sp³-hybridized carbons (Fsp3) is 0.400. The minimum atomic E-state index is 0.0159. The van der Waals surface area contributed by atoms with Gasteiger partial charge in [0.1, 0.15) is 23.0 Å². The van der Waals surface area contributed by atoms with E-state index in [1.54, 1.807) is 0 Å². The Morgan fingerprint density at radius 3 is 0.773 bits per heavy atom. The van der Waals surface area contributed by atoms with Crippen LogP contribution in [-0.4, -0.2) is 20.4 Å². The number of rotatable bonds is 8. The lowest BCUT2D eigenvalue weighted by Crippen LogP contribution is -2.04. The number of phenolic OH excluding ortho intramolecular Hbond substituents is 4. The molecule has 0 spiro atoms. The van der Waals surface area contributed by atoms with Gasteiger partial charge in [-0.15, -0.1) is 0 Å². The number of benzene rings is 4. The zero-order chi connectivity index (χ0) is 32.9. The molecule has 4 aromatic carbocycles. The van der Waals surface area contributed by atoms with Crippen LogP contribution in [0.15, 0.2) is 48.5 Å². The number of hydrogen-bond donors (Lipinski definition) is 4. The van der Waals surface area contributed by atoms with Gasteiger partial charge >= 0.3 is 0 Å². The quantitative estimate of drug-likeness (QED) is 0.163. The second kappa shape index (κ2) is 14.7. The lowest BCUT2D eigenvalue weighted by molar-refractivity contribution is 0.445. The van der Waals surface area contributed by atoms with Gasteiger partial charge in [-0.2, -0.15) is 0 Å². The summed E-state index contributed by atoms with van der Waals surface area (Å²) in [5.41, 5.74) is 11.8. The zero-order valence-electron chi connectivity index (χ0n) is 28.4. The molecule has 4 heteroatoms. The topological polar surface area (TPSA) is 80.9 Å². The largest absolute Gasteiger partial charge is 0.507 e. The van der Waals surface area contributed by atoms with E-state index in [1.807, 2.05) is 104 Å². The van der Waals surface area contributed by atoms with Gasteiger partial charge in [0.15, 0.2) is 0 Å². The molecule has 0 unspecified atom stereocenters. The minimum Gasteiger partial charge on any atom is -0.507 e. The third kappa shape index (κ3) is 7.77. The Morgan fingerprint density at radius 1 is 0.386 bits per heavy atom. The van der Waals surface area contributed by atoms with Gasteiger partial charge in [-0.25, -0.2) is 0 Å². The molecule has 0 radical (unpaired) electrons. The molecule has 0 amide bonds. The first kappa shape index (κ1) is 34.6. The van der Waals surface area contributed by atoms with Crippen LogP contribution in [0.25, 0.3) is 0 Å². The first-order chi connectivity index (χ1) is 20.7. The highest BCUT2D eigenvalue weighted by atomic mass is 16.3. The third-order valence-electron chi connectivity index (χ3n) is 8.55. The highest BCUT2D eigenvalue weighted by molar-refractivity contribution is 5.54. The van der Waals surface area contributed by atoms with E-state index in [0.29, 0.717) is 23.0 Å². The predicted molar refractivity (Wildman–Crippen MR) is 184 cm³/mol. The van der Waals surface area contributed by atoms with Crippen LogP contribution in [0.1, 0.15) is 118 Å². The number of aromatic hydroxyl groups is 4. The first-order valence-corrected chi connectivity index (χ1v) is 15.9. The molecule has 0 aliphatic rings. The van der Waals surface area contributed by atoms with E-state index in [1.165, 1.54) is 0 Å². The maximum absolute atomic E-state index is 10.5. The number of phenols is 4. The van der Waals surface area contributed by atoms with E-state index in [2.05, 4.69) is 13.8 Å². The lowest BCUT2D eigenvalue weighted by Gasteiger charge is -2.22. The summed E-state index contributed by atoms with van der Waals surface area (Å²) in [6, 6.07) is 16.1. The van der Waals surface area contributed by atoms with Gasteiger partial charge in [0.2, 0.25) is 0 Å². The van der Waals surface area contributed by atoms with Crippen molar-refractivity contribution in [2.75, 3.05) is 0 Å². The van der Waals surface area contributed by atoms with Gasteiger partial charge in [0, 0.05) is 34.1 Å². The monoisotopic (exact) mass is 596 g/mol. The highest BCUT2D eigenvalue weighted by Gasteiger charge is 2.24. The van der Waals surface area contributed by atoms with Crippen LogP contribution in [0.5, 0.6) is 23.0 Å². The fourth-order valence-electron chi connectivity index (χ4n) is 6.57. The van der Waals surface area contributed by atoms with Gasteiger partial charge < -0.3 is 20.4 Å². The standard InChI is InChI=1S/2C20H26O2/c2*1-6-7-16(17-10-12(2)8-14(4)19(17)21)18-11-13(3)9-15(5)20(18)22/h2*8-11,16,21-22H,6-7H2,1-5H3. The molecule has 0 saturated carbocycles. The van der Waals surface area contributed by atoms with Gasteiger partial charge in [0.25, 0.3) is 0 Å². The average Bonchev–Trinajstić information content (AvgIpc) is 2.95. The SMILES string of the molecule is CCCC(c1cc(C)cc(C)c1O)c1cc(C)cc(C)c1O.CCCC(c1cc(C)cc(C)c1O)c1cc(C)cc(C)c1O. The zero-order valence-corrected chi connectivity index (χ0v) is 28.4. The summed E-state index contributed by atoms with van der Waals surface area (Å²) in [7, 11) is 0. The molecule has 4 nitrogen and oxygen atoms in total. The van der Waals surface area contributed by atoms with Gasteiger partial charge in [-0.05, 0) is 90.5 Å². The van der Waals surface area contributed by atoms with Crippen molar-refractivity contribution in [1.29, 1.82) is 0 Å². The summed E-state index contributed by atoms with van der Waals surface area (Å²) in [4.78, 5) is 0. The number of aryl methyl sites for hydroxylation is 8. The van der Waals surface area contributed by atoms with Crippen LogP contribution in [0.4, 0.5) is 0 Å². The highest BCUT2D eigenvalue weighted by Crippen LogP contribution is 2.43. The molecule has 4 aromatic rings. The summed E-state index contributed by atoms with van der Waals surface area (Å²) in [5, 5.41) is 42.1. The Kier molecular flexibility index (Phi) is 11.6. The fourth-order valence-corrected chi connectivity index (χ4v) is 6.57. The Balaban J connectivity index is 0.000000240. The molecule has 0 heterocycles. The van der Waals surface area contributed by atoms with Crippen LogP contribution < -0.4 is 0 Å². The van der Waals surface area contributed by atoms with Crippen LogP contribution >= 0.6 is 0 Å². The Bertz CT molecular complexity index is 1380. The molecule has 4 N–H and O–H groups in total. The number of hydrogen-bond acceptors (Lipinski definition) is 4. The summed E-state index contributed by atoms with van der Waals surface area (Å²) < 4.78 is 0. The second-order valence-corrected chi connectivity index (χ2v) is 12.8. The van der Waals surface area contributed by atoms with Gasteiger partial charge in [0.05, 0.1) is 0 Å². The Morgan fingerprint density at radius 2 is 0.591 bits per heavy atom.